The average molecular weight is 430 g/mol. The van der Waals surface area contributed by atoms with Gasteiger partial charge in [-0.2, -0.15) is 0 Å². The molecule has 1 aliphatic rings. The third kappa shape index (κ3) is 4.79. The van der Waals surface area contributed by atoms with Crippen molar-refractivity contribution in [3.8, 4) is 0 Å². The first kappa shape index (κ1) is 21.4. The van der Waals surface area contributed by atoms with Gasteiger partial charge in [0, 0.05) is 28.5 Å². The fraction of sp³-hybridized carbons (Fsp3) is 0.190. The number of aliphatic hydroxyl groups is 1. The topological polar surface area (TPSA) is 108 Å². The fourth-order valence-electron chi connectivity index (χ4n) is 3.00. The molecule has 8 nitrogen and oxygen atoms in total. The van der Waals surface area contributed by atoms with Crippen LogP contribution in [0.25, 0.3) is 0 Å². The number of halogens is 1. The van der Waals surface area contributed by atoms with Crippen LogP contribution in [0.5, 0.6) is 0 Å². The molecule has 3 rings (SSSR count). The van der Waals surface area contributed by atoms with E-state index in [1.54, 1.807) is 48.5 Å². The van der Waals surface area contributed by atoms with Crippen LogP contribution in [0, 0.1) is 0 Å². The summed E-state index contributed by atoms with van der Waals surface area (Å²) in [6, 6.07) is 13.3. The summed E-state index contributed by atoms with van der Waals surface area (Å²) in [6.07, 6.45) is 0. The number of carbonyl (C=O) groups excluding carboxylic acids is 3. The number of aliphatic hydroxyl groups excluding tert-OH is 1. The number of rotatable bonds is 7. The van der Waals surface area contributed by atoms with Gasteiger partial charge in [0.05, 0.1) is 25.8 Å². The van der Waals surface area contributed by atoms with Gasteiger partial charge in [0.2, 0.25) is 0 Å². The molecule has 1 aliphatic heterocycles. The van der Waals surface area contributed by atoms with E-state index < -0.39 is 11.9 Å². The van der Waals surface area contributed by atoms with E-state index in [0.717, 1.165) is 0 Å². The molecular formula is C21H20ClN3O5. The monoisotopic (exact) mass is 429 g/mol. The molecule has 1 heterocycles. The van der Waals surface area contributed by atoms with E-state index in [9.17, 15) is 14.4 Å². The van der Waals surface area contributed by atoms with Crippen LogP contribution in [0.4, 0.5) is 11.4 Å². The van der Waals surface area contributed by atoms with Crippen molar-refractivity contribution in [1.82, 2.24) is 4.90 Å². The average Bonchev–Trinajstić information content (AvgIpc) is 3.03. The highest BCUT2D eigenvalue weighted by molar-refractivity contribution is 6.31. The molecule has 3 N–H and O–H groups in total. The number of hydrogen-bond donors (Lipinski definition) is 3. The summed E-state index contributed by atoms with van der Waals surface area (Å²) in [4.78, 5) is 38.6. The summed E-state index contributed by atoms with van der Waals surface area (Å²) >= 11 is 5.94. The minimum atomic E-state index is -0.638. The second kappa shape index (κ2) is 9.43. The molecule has 0 spiro atoms. The lowest BCUT2D eigenvalue weighted by atomic mass is 10.1. The zero-order valence-electron chi connectivity index (χ0n) is 16.1. The lowest BCUT2D eigenvalue weighted by molar-refractivity contribution is -0.136. The van der Waals surface area contributed by atoms with Gasteiger partial charge in [-0.05, 0) is 36.4 Å². The van der Waals surface area contributed by atoms with E-state index in [-0.39, 0.29) is 36.9 Å². The minimum Gasteiger partial charge on any atom is -0.466 e. The molecule has 156 valence electrons. The molecule has 9 heteroatoms. The zero-order chi connectivity index (χ0) is 21.7. The van der Waals surface area contributed by atoms with E-state index in [1.807, 2.05) is 0 Å². The van der Waals surface area contributed by atoms with E-state index >= 15 is 0 Å². The van der Waals surface area contributed by atoms with Crippen molar-refractivity contribution >= 4 is 40.8 Å². The molecule has 0 saturated heterocycles. The van der Waals surface area contributed by atoms with E-state index in [2.05, 4.69) is 10.6 Å². The highest BCUT2D eigenvalue weighted by atomic mass is 35.5. The lowest BCUT2D eigenvalue weighted by Crippen LogP contribution is -2.31. The Balaban J connectivity index is 1.82. The Hall–Kier alpha value is -3.36. The van der Waals surface area contributed by atoms with Crippen molar-refractivity contribution in [3.63, 3.8) is 0 Å². The van der Waals surface area contributed by atoms with Crippen LogP contribution >= 0.6 is 11.6 Å². The van der Waals surface area contributed by atoms with Crippen LogP contribution in [0.3, 0.4) is 0 Å². The minimum absolute atomic E-state index is 0.0311. The number of carbonyl (C=O) groups is 3. The van der Waals surface area contributed by atoms with Crippen molar-refractivity contribution in [1.29, 1.82) is 0 Å². The molecule has 0 unspecified atom stereocenters. The molecule has 0 saturated carbocycles. The van der Waals surface area contributed by atoms with Crippen LogP contribution < -0.4 is 10.6 Å². The smallest absolute Gasteiger partial charge is 0.337 e. The largest absolute Gasteiger partial charge is 0.466 e. The second-order valence-corrected chi connectivity index (χ2v) is 6.90. The Kier molecular flexibility index (Phi) is 6.71. The predicted molar refractivity (Wildman–Crippen MR) is 112 cm³/mol. The van der Waals surface area contributed by atoms with Crippen LogP contribution in [0.1, 0.15) is 10.4 Å². The molecule has 2 aromatic carbocycles. The summed E-state index contributed by atoms with van der Waals surface area (Å²) in [5.41, 5.74) is 1.56. The van der Waals surface area contributed by atoms with Crippen LogP contribution in [-0.2, 0) is 14.3 Å². The van der Waals surface area contributed by atoms with Gasteiger partial charge in [0.15, 0.2) is 0 Å². The van der Waals surface area contributed by atoms with Gasteiger partial charge in [-0.25, -0.2) is 4.79 Å². The van der Waals surface area contributed by atoms with Crippen molar-refractivity contribution in [2.45, 2.75) is 0 Å². The molecule has 0 radical (unpaired) electrons. The maximum Gasteiger partial charge on any atom is 0.337 e. The number of esters is 1. The number of hydrogen-bond acceptors (Lipinski definition) is 6. The summed E-state index contributed by atoms with van der Waals surface area (Å²) in [7, 11) is 1.23. The maximum atomic E-state index is 12.6. The van der Waals surface area contributed by atoms with Crippen molar-refractivity contribution in [2.75, 3.05) is 37.4 Å². The van der Waals surface area contributed by atoms with Crippen molar-refractivity contribution in [3.05, 3.63) is 70.4 Å². The SMILES string of the molecule is COC(=O)C1=C(Nc2cccc(C(=O)Nc3cccc(Cl)c3)c2)C(=O)N(CCO)C1. The first-order valence-electron chi connectivity index (χ1n) is 9.08. The molecule has 30 heavy (non-hydrogen) atoms. The third-order valence-electron chi connectivity index (χ3n) is 4.43. The zero-order valence-corrected chi connectivity index (χ0v) is 16.9. The van der Waals surface area contributed by atoms with Gasteiger partial charge < -0.3 is 25.4 Å². The van der Waals surface area contributed by atoms with Gasteiger partial charge in [-0.1, -0.05) is 23.7 Å². The molecule has 2 amide bonds. The van der Waals surface area contributed by atoms with Gasteiger partial charge >= 0.3 is 5.97 Å². The molecule has 0 atom stereocenters. The Morgan fingerprint density at radius 3 is 2.60 bits per heavy atom. The Labute approximate surface area is 178 Å². The van der Waals surface area contributed by atoms with Gasteiger partial charge in [-0.3, -0.25) is 9.59 Å². The Morgan fingerprint density at radius 2 is 1.90 bits per heavy atom. The number of benzene rings is 2. The van der Waals surface area contributed by atoms with Crippen LogP contribution in [0.15, 0.2) is 59.8 Å². The molecule has 0 bridgehead atoms. The second-order valence-electron chi connectivity index (χ2n) is 6.47. The van der Waals surface area contributed by atoms with Gasteiger partial charge in [0.1, 0.15) is 5.70 Å². The van der Waals surface area contributed by atoms with E-state index in [1.165, 1.54) is 12.0 Å². The number of amides is 2. The lowest BCUT2D eigenvalue weighted by Gasteiger charge is -2.15. The van der Waals surface area contributed by atoms with Crippen LogP contribution in [0.2, 0.25) is 5.02 Å². The third-order valence-corrected chi connectivity index (χ3v) is 4.67. The number of nitrogens with zero attached hydrogens (tertiary/aromatic N) is 1. The summed E-state index contributed by atoms with van der Waals surface area (Å²) in [5, 5.41) is 15.3. The summed E-state index contributed by atoms with van der Waals surface area (Å²) in [5.74, 6) is -1.43. The molecule has 0 aromatic heterocycles. The highest BCUT2D eigenvalue weighted by Gasteiger charge is 2.34. The first-order chi connectivity index (χ1) is 14.4. The number of anilines is 2. The number of nitrogens with one attached hydrogen (secondary N) is 2. The van der Waals surface area contributed by atoms with Crippen molar-refractivity contribution < 1.29 is 24.2 Å². The maximum absolute atomic E-state index is 12.6. The molecular weight excluding hydrogens is 410 g/mol. The normalized spacial score (nSPS) is 13.4. The summed E-state index contributed by atoms with van der Waals surface area (Å²) < 4.78 is 4.76. The van der Waals surface area contributed by atoms with E-state index in [4.69, 9.17) is 21.4 Å². The fourth-order valence-corrected chi connectivity index (χ4v) is 3.19. The number of β-amino-alcohol motifs (C(OH)–C–C–N with tert-alkyl or cyclic N) is 1. The molecule has 0 fully saturated rings. The standard InChI is InChI=1S/C21H20ClN3O5/c1-30-21(29)17-12-25(8-9-26)20(28)18(17)23-15-6-2-4-13(10-15)19(27)24-16-7-3-5-14(22)11-16/h2-7,10-11,23,26H,8-9,12H2,1H3,(H,24,27). The van der Waals surface area contributed by atoms with Crippen molar-refractivity contribution in [2.24, 2.45) is 0 Å². The first-order valence-corrected chi connectivity index (χ1v) is 9.46. The predicted octanol–water partition coefficient (Wildman–Crippen LogP) is 2.27. The van der Waals surface area contributed by atoms with Gasteiger partial charge in [-0.15, -0.1) is 0 Å². The Bertz CT molecular complexity index is 1020. The molecule has 0 aliphatic carbocycles. The number of methoxy groups -OCH3 is 1. The summed E-state index contributed by atoms with van der Waals surface area (Å²) in [6.45, 7) is -0.109. The quantitative estimate of drug-likeness (QED) is 0.583. The highest BCUT2D eigenvalue weighted by Crippen LogP contribution is 2.23. The molecule has 2 aromatic rings. The van der Waals surface area contributed by atoms with Crippen LogP contribution in [-0.4, -0.2) is 54.6 Å². The van der Waals surface area contributed by atoms with E-state index in [0.29, 0.717) is 22.0 Å². The Morgan fingerprint density at radius 1 is 1.17 bits per heavy atom. The van der Waals surface area contributed by atoms with Gasteiger partial charge in [0.25, 0.3) is 11.8 Å². The number of ether oxygens (including phenoxy) is 1.